The molecule has 1 N–H and O–H groups in total. The molecule has 3 rings (SSSR count). The number of halogens is 1. The van der Waals surface area contributed by atoms with Crippen molar-refractivity contribution < 1.29 is 22.7 Å². The van der Waals surface area contributed by atoms with Crippen LogP contribution in [0.1, 0.15) is 5.56 Å². The molecule has 11 heteroatoms. The number of fused-ring (bicyclic) bond motifs is 1. The molecule has 3 aromatic rings. The summed E-state index contributed by atoms with van der Waals surface area (Å²) in [4.78, 5) is 16.7. The monoisotopic (exact) mass is 476 g/mol. The van der Waals surface area contributed by atoms with Crippen molar-refractivity contribution in [3.63, 3.8) is 0 Å². The van der Waals surface area contributed by atoms with Crippen LogP contribution in [-0.4, -0.2) is 52.5 Å². The standard InChI is InChI=1S/C21H21ClN4O5S/c1-30-16-9-8-14-10-15(21(22)24-17(14)11-16)12-23-25-20(27)13-26(32(3,28)29)18-6-4-5-7-19(18)31-2/h4-12H,13H2,1-3H3,(H,25,27)/b23-12-. The first-order valence-corrected chi connectivity index (χ1v) is 11.5. The molecule has 1 amide bonds. The van der Waals surface area contributed by atoms with Crippen LogP contribution in [0.25, 0.3) is 10.9 Å². The highest BCUT2D eigenvalue weighted by Crippen LogP contribution is 2.29. The SMILES string of the molecule is COc1ccc2cc(/C=N\NC(=O)CN(c3ccccc3OC)S(C)(=O)=O)c(Cl)nc2c1. The largest absolute Gasteiger partial charge is 0.497 e. The van der Waals surface area contributed by atoms with Crippen molar-refractivity contribution in [1.82, 2.24) is 10.4 Å². The summed E-state index contributed by atoms with van der Waals surface area (Å²) in [6.45, 7) is -0.486. The molecule has 32 heavy (non-hydrogen) atoms. The number of nitrogens with one attached hydrogen (secondary N) is 1. The number of carbonyl (C=O) groups excluding carboxylic acids is 1. The number of hydrogen-bond acceptors (Lipinski definition) is 7. The average Bonchev–Trinajstić information content (AvgIpc) is 2.76. The lowest BCUT2D eigenvalue weighted by Crippen LogP contribution is -2.39. The molecule has 0 spiro atoms. The number of para-hydroxylation sites is 2. The van der Waals surface area contributed by atoms with Gasteiger partial charge in [0.1, 0.15) is 23.2 Å². The Morgan fingerprint density at radius 1 is 1.19 bits per heavy atom. The van der Waals surface area contributed by atoms with Crippen LogP contribution in [0.3, 0.4) is 0 Å². The van der Waals surface area contributed by atoms with Gasteiger partial charge in [-0.1, -0.05) is 23.7 Å². The Morgan fingerprint density at radius 2 is 1.94 bits per heavy atom. The van der Waals surface area contributed by atoms with Crippen molar-refractivity contribution in [2.75, 3.05) is 31.3 Å². The Morgan fingerprint density at radius 3 is 2.62 bits per heavy atom. The van der Waals surface area contributed by atoms with Gasteiger partial charge in [-0.2, -0.15) is 5.10 Å². The second-order valence-electron chi connectivity index (χ2n) is 6.66. The van der Waals surface area contributed by atoms with Crippen LogP contribution in [0, 0.1) is 0 Å². The van der Waals surface area contributed by atoms with E-state index in [4.69, 9.17) is 21.1 Å². The molecule has 1 aromatic heterocycles. The van der Waals surface area contributed by atoms with E-state index in [2.05, 4.69) is 15.5 Å². The van der Waals surface area contributed by atoms with Gasteiger partial charge in [0.05, 0.1) is 37.9 Å². The predicted molar refractivity (Wildman–Crippen MR) is 124 cm³/mol. The zero-order valence-electron chi connectivity index (χ0n) is 17.6. The number of aromatic nitrogens is 1. The van der Waals surface area contributed by atoms with E-state index in [1.54, 1.807) is 49.6 Å². The Labute approximate surface area is 190 Å². The highest BCUT2D eigenvalue weighted by Gasteiger charge is 2.23. The molecular formula is C21H21ClN4O5S. The van der Waals surface area contributed by atoms with E-state index in [1.807, 2.05) is 6.07 Å². The number of pyridine rings is 1. The number of anilines is 1. The maximum atomic E-state index is 12.4. The molecule has 9 nitrogen and oxygen atoms in total. The third kappa shape index (κ3) is 5.45. The second kappa shape index (κ2) is 9.84. The molecule has 0 bridgehead atoms. The number of benzene rings is 2. The Kier molecular flexibility index (Phi) is 7.16. The molecular weight excluding hydrogens is 456 g/mol. The fraction of sp³-hybridized carbons (Fsp3) is 0.190. The van der Waals surface area contributed by atoms with Gasteiger partial charge in [-0.25, -0.2) is 18.8 Å². The number of hydrogen-bond donors (Lipinski definition) is 1. The molecule has 2 aromatic carbocycles. The zero-order chi connectivity index (χ0) is 23.3. The van der Waals surface area contributed by atoms with Crippen molar-refractivity contribution in [3.8, 4) is 11.5 Å². The highest BCUT2D eigenvalue weighted by atomic mass is 35.5. The molecule has 1 heterocycles. The third-order valence-electron chi connectivity index (χ3n) is 4.44. The number of ether oxygens (including phenoxy) is 2. The zero-order valence-corrected chi connectivity index (χ0v) is 19.1. The van der Waals surface area contributed by atoms with Gasteiger partial charge in [0.25, 0.3) is 5.91 Å². The summed E-state index contributed by atoms with van der Waals surface area (Å²) in [5, 5.41) is 4.89. The van der Waals surface area contributed by atoms with Crippen molar-refractivity contribution in [2.45, 2.75) is 0 Å². The van der Waals surface area contributed by atoms with Crippen molar-refractivity contribution >= 4 is 50.3 Å². The number of sulfonamides is 1. The van der Waals surface area contributed by atoms with E-state index in [9.17, 15) is 13.2 Å². The second-order valence-corrected chi connectivity index (χ2v) is 8.93. The van der Waals surface area contributed by atoms with Crippen molar-refractivity contribution in [1.29, 1.82) is 0 Å². The van der Waals surface area contributed by atoms with Gasteiger partial charge in [0.15, 0.2) is 0 Å². The van der Waals surface area contributed by atoms with Crippen LogP contribution in [-0.2, 0) is 14.8 Å². The first-order valence-electron chi connectivity index (χ1n) is 9.30. The molecule has 0 aliphatic heterocycles. The van der Waals surface area contributed by atoms with Gasteiger partial charge in [-0.05, 0) is 30.3 Å². The molecule has 0 fully saturated rings. The lowest BCUT2D eigenvalue weighted by Gasteiger charge is -2.23. The number of carbonyl (C=O) groups is 1. The first-order chi connectivity index (χ1) is 15.2. The van der Waals surface area contributed by atoms with E-state index < -0.39 is 22.5 Å². The van der Waals surface area contributed by atoms with Crippen LogP contribution in [0.5, 0.6) is 11.5 Å². The van der Waals surface area contributed by atoms with Crippen molar-refractivity contribution in [2.24, 2.45) is 5.10 Å². The summed E-state index contributed by atoms with van der Waals surface area (Å²) in [5.74, 6) is 0.326. The van der Waals surface area contributed by atoms with Gasteiger partial charge in [0, 0.05) is 17.0 Å². The quantitative estimate of drug-likeness (QED) is 0.304. The number of rotatable bonds is 8. The summed E-state index contributed by atoms with van der Waals surface area (Å²) in [7, 11) is -0.782. The van der Waals surface area contributed by atoms with Gasteiger partial charge in [-0.15, -0.1) is 0 Å². The molecule has 0 saturated carbocycles. The number of nitrogens with zero attached hydrogens (tertiary/aromatic N) is 3. The predicted octanol–water partition coefficient (Wildman–Crippen LogP) is 2.82. The third-order valence-corrected chi connectivity index (χ3v) is 5.87. The normalized spacial score (nSPS) is 11.5. The lowest BCUT2D eigenvalue weighted by molar-refractivity contribution is -0.119. The molecule has 0 aliphatic carbocycles. The van der Waals surface area contributed by atoms with E-state index in [1.165, 1.54) is 13.3 Å². The van der Waals surface area contributed by atoms with Crippen LogP contribution in [0.2, 0.25) is 5.15 Å². The Hall–Kier alpha value is -3.37. The molecule has 0 aliphatic rings. The summed E-state index contributed by atoms with van der Waals surface area (Å²) < 4.78 is 35.8. The fourth-order valence-electron chi connectivity index (χ4n) is 2.91. The minimum absolute atomic E-state index is 0.190. The van der Waals surface area contributed by atoms with Crippen LogP contribution in [0.15, 0.2) is 53.6 Å². The minimum Gasteiger partial charge on any atom is -0.497 e. The topological polar surface area (TPSA) is 110 Å². The van der Waals surface area contributed by atoms with E-state index in [-0.39, 0.29) is 10.8 Å². The van der Waals surface area contributed by atoms with E-state index in [0.29, 0.717) is 22.6 Å². The van der Waals surface area contributed by atoms with Gasteiger partial charge in [0.2, 0.25) is 10.0 Å². The van der Waals surface area contributed by atoms with Crippen LogP contribution < -0.4 is 19.2 Å². The first kappa shape index (κ1) is 23.3. The molecule has 0 saturated heterocycles. The number of methoxy groups -OCH3 is 2. The minimum atomic E-state index is -3.76. The summed E-state index contributed by atoms with van der Waals surface area (Å²) in [6.07, 6.45) is 2.34. The van der Waals surface area contributed by atoms with Gasteiger partial charge >= 0.3 is 0 Å². The maximum absolute atomic E-state index is 12.4. The smallest absolute Gasteiger partial charge is 0.260 e. The van der Waals surface area contributed by atoms with Gasteiger partial charge in [-0.3, -0.25) is 9.10 Å². The van der Waals surface area contributed by atoms with E-state index in [0.717, 1.165) is 15.9 Å². The number of hydrazone groups is 1. The Balaban J connectivity index is 1.76. The lowest BCUT2D eigenvalue weighted by atomic mass is 10.1. The maximum Gasteiger partial charge on any atom is 0.260 e. The molecule has 0 radical (unpaired) electrons. The van der Waals surface area contributed by atoms with Crippen LogP contribution in [0.4, 0.5) is 5.69 Å². The van der Waals surface area contributed by atoms with E-state index >= 15 is 0 Å². The summed E-state index contributed by atoms with van der Waals surface area (Å²) in [6, 6.07) is 13.6. The fourth-order valence-corrected chi connectivity index (χ4v) is 3.97. The molecule has 0 unspecified atom stereocenters. The molecule has 0 atom stereocenters. The van der Waals surface area contributed by atoms with Crippen molar-refractivity contribution in [3.05, 3.63) is 59.2 Å². The highest BCUT2D eigenvalue weighted by molar-refractivity contribution is 7.92. The van der Waals surface area contributed by atoms with Gasteiger partial charge < -0.3 is 9.47 Å². The summed E-state index contributed by atoms with van der Waals surface area (Å²) >= 11 is 6.21. The number of amides is 1. The van der Waals surface area contributed by atoms with Crippen LogP contribution >= 0.6 is 11.6 Å². The molecule has 168 valence electrons. The Bertz CT molecular complexity index is 1280. The average molecular weight is 477 g/mol. The summed E-state index contributed by atoms with van der Waals surface area (Å²) in [5.41, 5.74) is 3.69.